The van der Waals surface area contributed by atoms with Gasteiger partial charge in [-0.25, -0.2) is 0 Å². The fraction of sp³-hybridized carbons (Fsp3) is 0.692. The van der Waals surface area contributed by atoms with Crippen LogP contribution in [0.4, 0.5) is 0 Å². The van der Waals surface area contributed by atoms with E-state index in [1.54, 1.807) is 4.68 Å². The molecule has 0 bridgehead atoms. The number of halogens is 1. The topological polar surface area (TPSA) is 79.7 Å². The summed E-state index contributed by atoms with van der Waals surface area (Å²) < 4.78 is 1.71. The monoisotopic (exact) mass is 299 g/mol. The third kappa shape index (κ3) is 2.76. The van der Waals surface area contributed by atoms with Crippen molar-refractivity contribution in [2.24, 2.45) is 23.4 Å². The SMILES string of the molecule is Cc1nn(C)c(Cl)c1CN1CCC(C)(C(N)=NO)CC1. The Labute approximate surface area is 124 Å². The maximum atomic E-state index is 8.85. The second-order valence-corrected chi connectivity index (χ2v) is 6.16. The van der Waals surface area contributed by atoms with Gasteiger partial charge >= 0.3 is 0 Å². The molecule has 0 saturated carbocycles. The van der Waals surface area contributed by atoms with E-state index in [0.717, 1.165) is 43.7 Å². The number of piperidine rings is 1. The lowest BCUT2D eigenvalue weighted by Crippen LogP contribution is -2.45. The van der Waals surface area contributed by atoms with E-state index in [9.17, 15) is 0 Å². The molecule has 1 fully saturated rings. The number of oxime groups is 1. The second kappa shape index (κ2) is 5.61. The molecule has 0 unspecified atom stereocenters. The highest BCUT2D eigenvalue weighted by Gasteiger charge is 2.34. The minimum atomic E-state index is -0.209. The van der Waals surface area contributed by atoms with Crippen molar-refractivity contribution in [2.75, 3.05) is 13.1 Å². The lowest BCUT2D eigenvalue weighted by molar-refractivity contribution is 0.152. The van der Waals surface area contributed by atoms with Crippen LogP contribution >= 0.6 is 11.6 Å². The number of hydrogen-bond donors (Lipinski definition) is 2. The smallest absolute Gasteiger partial charge is 0.145 e. The molecule has 6 nitrogen and oxygen atoms in total. The summed E-state index contributed by atoms with van der Waals surface area (Å²) >= 11 is 6.26. The molecule has 0 atom stereocenters. The van der Waals surface area contributed by atoms with Crippen LogP contribution in [0.3, 0.4) is 0 Å². The van der Waals surface area contributed by atoms with Crippen LogP contribution in [0.2, 0.25) is 5.15 Å². The van der Waals surface area contributed by atoms with Crippen molar-refractivity contribution in [1.29, 1.82) is 0 Å². The summed E-state index contributed by atoms with van der Waals surface area (Å²) in [7, 11) is 1.85. The Kier molecular flexibility index (Phi) is 4.25. The molecular weight excluding hydrogens is 278 g/mol. The Balaban J connectivity index is 2.02. The van der Waals surface area contributed by atoms with Crippen LogP contribution in [0.15, 0.2) is 5.16 Å². The van der Waals surface area contributed by atoms with Gasteiger partial charge in [-0.15, -0.1) is 0 Å². The first-order valence-corrected chi connectivity index (χ1v) is 7.13. The first kappa shape index (κ1) is 15.1. The number of likely N-dealkylation sites (tertiary alicyclic amines) is 1. The summed E-state index contributed by atoms with van der Waals surface area (Å²) in [6, 6.07) is 0. The van der Waals surface area contributed by atoms with E-state index in [2.05, 4.69) is 15.2 Å². The quantitative estimate of drug-likeness (QED) is 0.385. The molecule has 2 rings (SSSR count). The summed E-state index contributed by atoms with van der Waals surface area (Å²) in [5, 5.41) is 17.0. The highest BCUT2D eigenvalue weighted by Crippen LogP contribution is 2.32. The molecule has 0 amide bonds. The number of nitrogens with zero attached hydrogens (tertiary/aromatic N) is 4. The molecule has 3 N–H and O–H groups in total. The molecule has 1 aliphatic rings. The minimum absolute atomic E-state index is 0.209. The van der Waals surface area contributed by atoms with Gasteiger partial charge < -0.3 is 10.9 Å². The van der Waals surface area contributed by atoms with Crippen molar-refractivity contribution < 1.29 is 5.21 Å². The normalized spacial score (nSPS) is 20.3. The molecule has 0 aromatic carbocycles. The molecular formula is C13H22ClN5O. The van der Waals surface area contributed by atoms with Gasteiger partial charge in [-0.2, -0.15) is 5.10 Å². The van der Waals surface area contributed by atoms with Crippen molar-refractivity contribution in [3.8, 4) is 0 Å². The van der Waals surface area contributed by atoms with E-state index in [0.29, 0.717) is 11.0 Å². The highest BCUT2D eigenvalue weighted by molar-refractivity contribution is 6.30. The number of hydrogen-bond acceptors (Lipinski definition) is 4. The molecule has 1 saturated heterocycles. The molecule has 0 aliphatic carbocycles. The van der Waals surface area contributed by atoms with Gasteiger partial charge in [0.15, 0.2) is 0 Å². The van der Waals surface area contributed by atoms with Gasteiger partial charge in [-0.3, -0.25) is 9.58 Å². The molecule has 1 aliphatic heterocycles. The van der Waals surface area contributed by atoms with Gasteiger partial charge in [0.1, 0.15) is 11.0 Å². The molecule has 0 radical (unpaired) electrons. The van der Waals surface area contributed by atoms with Crippen LogP contribution in [0.25, 0.3) is 0 Å². The molecule has 20 heavy (non-hydrogen) atoms. The Morgan fingerprint density at radius 2 is 2.10 bits per heavy atom. The van der Waals surface area contributed by atoms with Crippen molar-refractivity contribution in [2.45, 2.75) is 33.2 Å². The maximum Gasteiger partial charge on any atom is 0.145 e. The highest BCUT2D eigenvalue weighted by atomic mass is 35.5. The van der Waals surface area contributed by atoms with E-state index in [-0.39, 0.29) is 5.41 Å². The fourth-order valence-electron chi connectivity index (χ4n) is 2.66. The molecule has 112 valence electrons. The van der Waals surface area contributed by atoms with Crippen LogP contribution in [-0.2, 0) is 13.6 Å². The molecule has 7 heteroatoms. The lowest BCUT2D eigenvalue weighted by atomic mass is 9.79. The minimum Gasteiger partial charge on any atom is -0.409 e. The number of aryl methyl sites for hydroxylation is 2. The van der Waals surface area contributed by atoms with Crippen LogP contribution < -0.4 is 5.73 Å². The zero-order valence-corrected chi connectivity index (χ0v) is 13.0. The first-order chi connectivity index (χ1) is 9.37. The summed E-state index contributed by atoms with van der Waals surface area (Å²) in [4.78, 5) is 2.34. The van der Waals surface area contributed by atoms with E-state index < -0.39 is 0 Å². The Hall–Kier alpha value is -1.27. The maximum absolute atomic E-state index is 8.85. The van der Waals surface area contributed by atoms with Crippen LogP contribution in [0.1, 0.15) is 31.0 Å². The predicted octanol–water partition coefficient (Wildman–Crippen LogP) is 1.73. The van der Waals surface area contributed by atoms with Gasteiger partial charge in [0, 0.05) is 24.6 Å². The Morgan fingerprint density at radius 1 is 1.50 bits per heavy atom. The standard InChI is InChI=1S/C13H22ClN5O/c1-9-10(11(14)18(3)16-9)8-19-6-4-13(2,5-7-19)12(15)17-20/h20H,4-8H2,1-3H3,(H2,15,17). The molecule has 0 spiro atoms. The van der Waals surface area contributed by atoms with Crippen molar-refractivity contribution >= 4 is 17.4 Å². The number of amidine groups is 1. The van der Waals surface area contributed by atoms with E-state index in [4.69, 9.17) is 22.5 Å². The summed E-state index contributed by atoms with van der Waals surface area (Å²) in [6.07, 6.45) is 1.75. The van der Waals surface area contributed by atoms with Crippen molar-refractivity contribution in [1.82, 2.24) is 14.7 Å². The van der Waals surface area contributed by atoms with Gasteiger partial charge in [-0.05, 0) is 32.9 Å². The third-order valence-electron chi connectivity index (χ3n) is 4.34. The molecule has 1 aromatic heterocycles. The Bertz CT molecular complexity index is 517. The van der Waals surface area contributed by atoms with Gasteiger partial charge in [0.25, 0.3) is 0 Å². The van der Waals surface area contributed by atoms with Gasteiger partial charge in [0.05, 0.1) is 5.69 Å². The number of aromatic nitrogens is 2. The van der Waals surface area contributed by atoms with Gasteiger partial charge in [0.2, 0.25) is 0 Å². The van der Waals surface area contributed by atoms with Crippen LogP contribution in [0, 0.1) is 12.3 Å². The summed E-state index contributed by atoms with van der Waals surface area (Å²) in [6.45, 7) is 6.62. The lowest BCUT2D eigenvalue weighted by Gasteiger charge is -2.38. The predicted molar refractivity (Wildman–Crippen MR) is 79.0 cm³/mol. The Morgan fingerprint density at radius 3 is 2.55 bits per heavy atom. The first-order valence-electron chi connectivity index (χ1n) is 6.76. The second-order valence-electron chi connectivity index (χ2n) is 5.80. The van der Waals surface area contributed by atoms with E-state index in [1.165, 1.54) is 0 Å². The number of rotatable bonds is 3. The van der Waals surface area contributed by atoms with Crippen LogP contribution in [-0.4, -0.2) is 38.8 Å². The molecule has 2 heterocycles. The zero-order valence-electron chi connectivity index (χ0n) is 12.2. The third-order valence-corrected chi connectivity index (χ3v) is 4.81. The molecule has 1 aromatic rings. The van der Waals surface area contributed by atoms with E-state index in [1.807, 2.05) is 20.9 Å². The average Bonchev–Trinajstić information content (AvgIpc) is 2.67. The number of nitrogens with two attached hydrogens (primary N) is 1. The van der Waals surface area contributed by atoms with Crippen molar-refractivity contribution in [3.05, 3.63) is 16.4 Å². The fourth-order valence-corrected chi connectivity index (χ4v) is 2.89. The van der Waals surface area contributed by atoms with Crippen LogP contribution in [0.5, 0.6) is 0 Å². The average molecular weight is 300 g/mol. The largest absolute Gasteiger partial charge is 0.409 e. The summed E-state index contributed by atoms with van der Waals surface area (Å²) in [5.41, 5.74) is 7.63. The van der Waals surface area contributed by atoms with Gasteiger partial charge in [-0.1, -0.05) is 23.7 Å². The zero-order chi connectivity index (χ0) is 14.9. The summed E-state index contributed by atoms with van der Waals surface area (Å²) in [5.74, 6) is 0.327. The van der Waals surface area contributed by atoms with Crippen molar-refractivity contribution in [3.63, 3.8) is 0 Å². The van der Waals surface area contributed by atoms with E-state index >= 15 is 0 Å².